The highest BCUT2D eigenvalue weighted by Gasteiger charge is 2.15. The Morgan fingerprint density at radius 1 is 1.10 bits per heavy atom. The molecule has 0 bridgehead atoms. The molecule has 0 saturated heterocycles. The van der Waals surface area contributed by atoms with Crippen LogP contribution < -0.4 is 5.32 Å². The van der Waals surface area contributed by atoms with Gasteiger partial charge in [0.2, 0.25) is 0 Å². The number of halogens is 4. The number of phenolic OH excluding ortho intramolecular Hbond substituents is 1. The minimum Gasteiger partial charge on any atom is -0.507 e. The Morgan fingerprint density at radius 3 is 2.45 bits per heavy atom. The first kappa shape index (κ1) is 14.9. The second-order valence-corrected chi connectivity index (χ2v) is 5.63. The number of phenols is 1. The van der Waals surface area contributed by atoms with Crippen LogP contribution >= 0.6 is 31.9 Å². The van der Waals surface area contributed by atoms with Crippen molar-refractivity contribution in [3.05, 3.63) is 56.5 Å². The first-order valence-corrected chi connectivity index (χ1v) is 6.91. The third-order valence-electron chi connectivity index (χ3n) is 2.46. The second kappa shape index (κ2) is 5.88. The van der Waals surface area contributed by atoms with Gasteiger partial charge in [-0.3, -0.25) is 4.79 Å². The van der Waals surface area contributed by atoms with Crippen LogP contribution in [0.25, 0.3) is 0 Å². The molecule has 0 unspecified atom stereocenters. The summed E-state index contributed by atoms with van der Waals surface area (Å²) in [6.45, 7) is 0. The van der Waals surface area contributed by atoms with Crippen molar-refractivity contribution in [2.24, 2.45) is 0 Å². The molecule has 0 radical (unpaired) electrons. The number of hydrogen-bond acceptors (Lipinski definition) is 2. The third-order valence-corrected chi connectivity index (χ3v) is 3.56. The molecule has 0 aliphatic carbocycles. The zero-order valence-corrected chi connectivity index (χ0v) is 12.9. The second-order valence-electron chi connectivity index (χ2n) is 3.86. The lowest BCUT2D eigenvalue weighted by Gasteiger charge is -2.09. The summed E-state index contributed by atoms with van der Waals surface area (Å²) in [5.74, 6) is -2.63. The van der Waals surface area contributed by atoms with Crippen LogP contribution in [0.2, 0.25) is 0 Å². The molecule has 0 aliphatic heterocycles. The van der Waals surface area contributed by atoms with E-state index in [4.69, 9.17) is 0 Å². The number of aromatic hydroxyl groups is 1. The van der Waals surface area contributed by atoms with Crippen molar-refractivity contribution in [3.8, 4) is 5.75 Å². The van der Waals surface area contributed by atoms with Crippen molar-refractivity contribution in [1.82, 2.24) is 0 Å². The van der Waals surface area contributed by atoms with Crippen molar-refractivity contribution in [2.45, 2.75) is 0 Å². The van der Waals surface area contributed by atoms with Crippen LogP contribution in [0.3, 0.4) is 0 Å². The number of carbonyl (C=O) groups excluding carboxylic acids is 1. The average molecular weight is 407 g/mol. The lowest BCUT2D eigenvalue weighted by Crippen LogP contribution is -2.13. The summed E-state index contributed by atoms with van der Waals surface area (Å²) in [6, 6.07) is 6.04. The third kappa shape index (κ3) is 3.16. The highest BCUT2D eigenvalue weighted by Crippen LogP contribution is 2.26. The van der Waals surface area contributed by atoms with Crippen molar-refractivity contribution in [2.75, 3.05) is 5.32 Å². The van der Waals surface area contributed by atoms with Crippen molar-refractivity contribution in [1.29, 1.82) is 0 Å². The number of rotatable bonds is 2. The van der Waals surface area contributed by atoms with Crippen molar-refractivity contribution >= 4 is 43.5 Å². The number of hydrogen-bond donors (Lipinski definition) is 2. The fraction of sp³-hybridized carbons (Fsp3) is 0. The zero-order chi connectivity index (χ0) is 14.9. The predicted octanol–water partition coefficient (Wildman–Crippen LogP) is 4.45. The molecule has 0 aromatic heterocycles. The van der Waals surface area contributed by atoms with Gasteiger partial charge in [0.15, 0.2) is 0 Å². The van der Waals surface area contributed by atoms with Gasteiger partial charge in [0.05, 0.1) is 15.7 Å². The Hall–Kier alpha value is -1.47. The monoisotopic (exact) mass is 405 g/mol. The summed E-state index contributed by atoms with van der Waals surface area (Å²) in [4.78, 5) is 11.9. The summed E-state index contributed by atoms with van der Waals surface area (Å²) < 4.78 is 27.2. The van der Waals surface area contributed by atoms with Crippen LogP contribution in [-0.4, -0.2) is 11.0 Å². The maximum Gasteiger partial charge on any atom is 0.259 e. The van der Waals surface area contributed by atoms with Crippen LogP contribution in [0.4, 0.5) is 14.5 Å². The van der Waals surface area contributed by atoms with E-state index in [9.17, 15) is 18.7 Å². The summed E-state index contributed by atoms with van der Waals surface area (Å²) in [5, 5.41) is 11.9. The standard InChI is InChI=1S/C13H7Br2F2NO2/c14-6-1-2-7(12(19)3-6)13(20)18-11-4-8(15)9(16)5-10(11)17/h1-5,19H,(H,18,20). The molecule has 0 saturated carbocycles. The molecule has 1 amide bonds. The van der Waals surface area contributed by atoms with E-state index in [1.165, 1.54) is 12.1 Å². The Bertz CT molecular complexity index is 692. The minimum atomic E-state index is -0.907. The average Bonchev–Trinajstić information content (AvgIpc) is 2.35. The van der Waals surface area contributed by atoms with Gasteiger partial charge in [-0.05, 0) is 40.2 Å². The smallest absolute Gasteiger partial charge is 0.259 e. The van der Waals surface area contributed by atoms with Gasteiger partial charge in [-0.1, -0.05) is 15.9 Å². The molecule has 0 aliphatic rings. The van der Waals surface area contributed by atoms with Gasteiger partial charge in [0.1, 0.15) is 17.4 Å². The minimum absolute atomic E-state index is 0.0203. The van der Waals surface area contributed by atoms with Gasteiger partial charge in [-0.15, -0.1) is 0 Å². The molecule has 0 spiro atoms. The number of anilines is 1. The van der Waals surface area contributed by atoms with Gasteiger partial charge >= 0.3 is 0 Å². The first-order valence-electron chi connectivity index (χ1n) is 5.33. The first-order chi connectivity index (χ1) is 9.38. The van der Waals surface area contributed by atoms with Crippen LogP contribution in [0.15, 0.2) is 39.3 Å². The van der Waals surface area contributed by atoms with E-state index in [1.807, 2.05) is 0 Å². The highest BCUT2D eigenvalue weighted by molar-refractivity contribution is 9.10. The van der Waals surface area contributed by atoms with E-state index in [-0.39, 0.29) is 21.5 Å². The molecule has 2 aromatic carbocycles. The lowest BCUT2D eigenvalue weighted by molar-refractivity contribution is 0.102. The van der Waals surface area contributed by atoms with E-state index < -0.39 is 17.5 Å². The number of amides is 1. The maximum absolute atomic E-state index is 13.5. The Morgan fingerprint density at radius 2 is 1.80 bits per heavy atom. The summed E-state index contributed by atoms with van der Waals surface area (Å²) in [6.07, 6.45) is 0. The van der Waals surface area contributed by atoms with E-state index >= 15 is 0 Å². The SMILES string of the molecule is O=C(Nc1cc(Br)c(F)cc1F)c1ccc(Br)cc1O. The molecule has 0 atom stereocenters. The van der Waals surface area contributed by atoms with Gasteiger partial charge in [0.25, 0.3) is 5.91 Å². The van der Waals surface area contributed by atoms with Crippen LogP contribution in [0.1, 0.15) is 10.4 Å². The number of nitrogens with one attached hydrogen (secondary N) is 1. The molecule has 0 fully saturated rings. The molecular weight excluding hydrogens is 400 g/mol. The Kier molecular flexibility index (Phi) is 4.39. The van der Waals surface area contributed by atoms with Gasteiger partial charge in [-0.25, -0.2) is 8.78 Å². The molecule has 2 rings (SSSR count). The quantitative estimate of drug-likeness (QED) is 0.724. The van der Waals surface area contributed by atoms with Crippen molar-refractivity contribution < 1.29 is 18.7 Å². The molecule has 2 aromatic rings. The van der Waals surface area contributed by atoms with E-state index in [2.05, 4.69) is 37.2 Å². The number of carbonyl (C=O) groups is 1. The Labute approximate surface area is 129 Å². The van der Waals surface area contributed by atoms with E-state index in [1.54, 1.807) is 6.07 Å². The molecule has 104 valence electrons. The highest BCUT2D eigenvalue weighted by atomic mass is 79.9. The molecule has 3 nitrogen and oxygen atoms in total. The lowest BCUT2D eigenvalue weighted by atomic mass is 10.2. The van der Waals surface area contributed by atoms with Gasteiger partial charge < -0.3 is 10.4 Å². The predicted molar refractivity (Wildman–Crippen MR) is 77.8 cm³/mol. The largest absolute Gasteiger partial charge is 0.507 e. The summed E-state index contributed by atoms with van der Waals surface area (Å²) >= 11 is 6.04. The summed E-state index contributed by atoms with van der Waals surface area (Å²) in [7, 11) is 0. The normalized spacial score (nSPS) is 10.4. The topological polar surface area (TPSA) is 49.3 Å². The summed E-state index contributed by atoms with van der Waals surface area (Å²) in [5.41, 5.74) is -0.210. The van der Waals surface area contributed by atoms with Crippen LogP contribution in [-0.2, 0) is 0 Å². The van der Waals surface area contributed by atoms with E-state index in [0.29, 0.717) is 10.5 Å². The van der Waals surface area contributed by atoms with Crippen LogP contribution in [0, 0.1) is 11.6 Å². The maximum atomic E-state index is 13.5. The molecule has 20 heavy (non-hydrogen) atoms. The molecular formula is C13H7Br2F2NO2. The molecule has 7 heteroatoms. The van der Waals surface area contributed by atoms with Gasteiger partial charge in [0, 0.05) is 10.5 Å². The number of benzene rings is 2. The van der Waals surface area contributed by atoms with Gasteiger partial charge in [-0.2, -0.15) is 0 Å². The zero-order valence-electron chi connectivity index (χ0n) is 9.75. The fourth-order valence-corrected chi connectivity index (χ4v) is 2.20. The fourth-order valence-electron chi connectivity index (χ4n) is 1.50. The Balaban J connectivity index is 2.30. The van der Waals surface area contributed by atoms with Crippen molar-refractivity contribution in [3.63, 3.8) is 0 Å². The molecule has 2 N–H and O–H groups in total. The van der Waals surface area contributed by atoms with E-state index in [0.717, 1.165) is 6.07 Å². The van der Waals surface area contributed by atoms with Crippen LogP contribution in [0.5, 0.6) is 5.75 Å². The molecule has 0 heterocycles.